The van der Waals surface area contributed by atoms with Crippen molar-refractivity contribution in [3.63, 3.8) is 0 Å². The summed E-state index contributed by atoms with van der Waals surface area (Å²) in [6.45, 7) is 1.58. The quantitative estimate of drug-likeness (QED) is 0.744. The maximum Gasteiger partial charge on any atom is 0.239 e. The molecule has 0 radical (unpaired) electrons. The third kappa shape index (κ3) is 5.11. The molecule has 0 aliphatic carbocycles. The Bertz CT molecular complexity index is 633. The highest BCUT2D eigenvalue weighted by Crippen LogP contribution is 2.27. The number of likely N-dealkylation sites (tertiary alicyclic amines) is 1. The van der Waals surface area contributed by atoms with Crippen LogP contribution >= 0.6 is 0 Å². The van der Waals surface area contributed by atoms with E-state index in [0.29, 0.717) is 24.5 Å². The number of carbonyl (C=O) groups excluding carboxylic acids is 2. The molecule has 1 N–H and O–H groups in total. The van der Waals surface area contributed by atoms with Crippen molar-refractivity contribution in [2.45, 2.75) is 25.3 Å². The number of ether oxygens (including phenoxy) is 2. The highest BCUT2D eigenvalue weighted by atomic mass is 16.5. The van der Waals surface area contributed by atoms with E-state index in [4.69, 9.17) is 9.47 Å². The Morgan fingerprint density at radius 3 is 2.62 bits per heavy atom. The van der Waals surface area contributed by atoms with Crippen molar-refractivity contribution in [3.05, 3.63) is 23.8 Å². The van der Waals surface area contributed by atoms with Gasteiger partial charge >= 0.3 is 0 Å². The van der Waals surface area contributed by atoms with Crippen LogP contribution in [0.5, 0.6) is 11.5 Å². The molecule has 1 unspecified atom stereocenters. The van der Waals surface area contributed by atoms with Gasteiger partial charge in [-0.05, 0) is 43.5 Å². The van der Waals surface area contributed by atoms with Gasteiger partial charge in [0.05, 0.1) is 26.8 Å². The van der Waals surface area contributed by atoms with Gasteiger partial charge in [0, 0.05) is 20.6 Å². The normalized spacial score (nSPS) is 17.0. The van der Waals surface area contributed by atoms with Gasteiger partial charge in [-0.15, -0.1) is 0 Å². The van der Waals surface area contributed by atoms with Crippen LogP contribution < -0.4 is 14.8 Å². The van der Waals surface area contributed by atoms with E-state index in [1.165, 1.54) is 0 Å². The monoisotopic (exact) mass is 363 g/mol. The molecule has 7 nitrogen and oxygen atoms in total. The van der Waals surface area contributed by atoms with Crippen LogP contribution in [-0.2, 0) is 16.0 Å². The SMILES string of the molecule is COc1ccc(CCNC(=O)CN2CCCC2C(=O)N(C)C)cc1OC. The Kier molecular flexibility index (Phi) is 7.26. The van der Waals surface area contributed by atoms with Crippen molar-refractivity contribution in [2.75, 3.05) is 47.9 Å². The van der Waals surface area contributed by atoms with E-state index in [0.717, 1.165) is 24.9 Å². The Balaban J connectivity index is 1.81. The van der Waals surface area contributed by atoms with E-state index >= 15 is 0 Å². The van der Waals surface area contributed by atoms with Crippen LogP contribution in [-0.4, -0.2) is 75.6 Å². The van der Waals surface area contributed by atoms with Crippen molar-refractivity contribution >= 4 is 11.8 Å². The van der Waals surface area contributed by atoms with Crippen molar-refractivity contribution in [1.29, 1.82) is 0 Å². The second-order valence-electron chi connectivity index (χ2n) is 6.65. The molecule has 2 amide bonds. The third-order valence-corrected chi connectivity index (χ3v) is 4.62. The lowest BCUT2D eigenvalue weighted by molar-refractivity contribution is -0.134. The largest absolute Gasteiger partial charge is 0.493 e. The lowest BCUT2D eigenvalue weighted by Gasteiger charge is -2.25. The van der Waals surface area contributed by atoms with Gasteiger partial charge in [-0.25, -0.2) is 0 Å². The van der Waals surface area contributed by atoms with Crippen molar-refractivity contribution < 1.29 is 19.1 Å². The molecule has 144 valence electrons. The number of hydrogen-bond donors (Lipinski definition) is 1. The van der Waals surface area contributed by atoms with Gasteiger partial charge in [-0.1, -0.05) is 6.07 Å². The van der Waals surface area contributed by atoms with E-state index in [1.807, 2.05) is 23.1 Å². The summed E-state index contributed by atoms with van der Waals surface area (Å²) in [6, 6.07) is 5.55. The predicted molar refractivity (Wildman–Crippen MR) is 99.5 cm³/mol. The molecule has 1 aromatic carbocycles. The summed E-state index contributed by atoms with van der Waals surface area (Å²) in [7, 11) is 6.71. The zero-order valence-corrected chi connectivity index (χ0v) is 16.1. The van der Waals surface area contributed by atoms with Crippen LogP contribution in [0.25, 0.3) is 0 Å². The Labute approximate surface area is 155 Å². The molecular weight excluding hydrogens is 334 g/mol. The second-order valence-corrected chi connectivity index (χ2v) is 6.65. The summed E-state index contributed by atoms with van der Waals surface area (Å²) in [4.78, 5) is 28.0. The van der Waals surface area contributed by atoms with E-state index in [9.17, 15) is 9.59 Å². The summed E-state index contributed by atoms with van der Waals surface area (Å²) < 4.78 is 10.5. The van der Waals surface area contributed by atoms with Gasteiger partial charge in [0.1, 0.15) is 0 Å². The van der Waals surface area contributed by atoms with Crippen LogP contribution in [0.15, 0.2) is 18.2 Å². The molecule has 1 heterocycles. The zero-order chi connectivity index (χ0) is 19.1. The first-order valence-corrected chi connectivity index (χ1v) is 8.89. The molecule has 0 bridgehead atoms. The fourth-order valence-electron chi connectivity index (χ4n) is 3.22. The minimum Gasteiger partial charge on any atom is -0.493 e. The summed E-state index contributed by atoms with van der Waals surface area (Å²) in [5.41, 5.74) is 1.06. The number of nitrogens with zero attached hydrogens (tertiary/aromatic N) is 2. The van der Waals surface area contributed by atoms with Crippen molar-refractivity contribution in [2.24, 2.45) is 0 Å². The van der Waals surface area contributed by atoms with E-state index < -0.39 is 0 Å². The van der Waals surface area contributed by atoms with Crippen LogP contribution in [0, 0.1) is 0 Å². The lowest BCUT2D eigenvalue weighted by Crippen LogP contribution is -2.46. The summed E-state index contributed by atoms with van der Waals surface area (Å²) in [6.07, 6.45) is 2.46. The van der Waals surface area contributed by atoms with Gasteiger partial charge < -0.3 is 19.7 Å². The topological polar surface area (TPSA) is 71.1 Å². The summed E-state index contributed by atoms with van der Waals surface area (Å²) in [5, 5.41) is 2.94. The van der Waals surface area contributed by atoms with E-state index in [2.05, 4.69) is 5.32 Å². The molecule has 1 aliphatic heterocycles. The molecule has 1 aromatic rings. The Morgan fingerprint density at radius 1 is 1.23 bits per heavy atom. The number of likely N-dealkylation sites (N-methyl/N-ethyl adjacent to an activating group) is 1. The molecule has 1 fully saturated rings. The van der Waals surface area contributed by atoms with Gasteiger partial charge in [0.2, 0.25) is 11.8 Å². The third-order valence-electron chi connectivity index (χ3n) is 4.62. The lowest BCUT2D eigenvalue weighted by atomic mass is 10.1. The molecule has 1 atom stereocenters. The average molecular weight is 363 g/mol. The molecular formula is C19H29N3O4. The molecule has 7 heteroatoms. The highest BCUT2D eigenvalue weighted by Gasteiger charge is 2.32. The number of nitrogens with one attached hydrogen (secondary N) is 1. The molecule has 1 aliphatic rings. The van der Waals surface area contributed by atoms with Gasteiger partial charge in [-0.2, -0.15) is 0 Å². The standard InChI is InChI=1S/C19H29N3O4/c1-21(2)19(24)15-6-5-11-22(15)13-18(23)20-10-9-14-7-8-16(25-3)17(12-14)26-4/h7-8,12,15H,5-6,9-11,13H2,1-4H3,(H,20,23). The Morgan fingerprint density at radius 2 is 1.96 bits per heavy atom. The molecule has 0 saturated carbocycles. The Hall–Kier alpha value is -2.28. The molecule has 0 spiro atoms. The number of hydrogen-bond acceptors (Lipinski definition) is 5. The molecule has 1 saturated heterocycles. The number of benzene rings is 1. The fourth-order valence-corrected chi connectivity index (χ4v) is 3.22. The minimum atomic E-state index is -0.179. The maximum absolute atomic E-state index is 12.2. The maximum atomic E-state index is 12.2. The van der Waals surface area contributed by atoms with Crippen LogP contribution in [0.3, 0.4) is 0 Å². The van der Waals surface area contributed by atoms with Crippen LogP contribution in [0.1, 0.15) is 18.4 Å². The fraction of sp³-hybridized carbons (Fsp3) is 0.579. The summed E-state index contributed by atoms with van der Waals surface area (Å²) >= 11 is 0. The van der Waals surface area contributed by atoms with Gasteiger partial charge in [0.25, 0.3) is 0 Å². The second kappa shape index (κ2) is 9.43. The first-order chi connectivity index (χ1) is 12.5. The molecule has 26 heavy (non-hydrogen) atoms. The number of amides is 2. The van der Waals surface area contributed by atoms with Crippen LogP contribution in [0.4, 0.5) is 0 Å². The first kappa shape index (κ1) is 20.0. The first-order valence-electron chi connectivity index (χ1n) is 8.89. The zero-order valence-electron chi connectivity index (χ0n) is 16.1. The highest BCUT2D eigenvalue weighted by molar-refractivity contribution is 5.83. The molecule has 2 rings (SSSR count). The van der Waals surface area contributed by atoms with Crippen molar-refractivity contribution in [1.82, 2.24) is 15.1 Å². The number of methoxy groups -OCH3 is 2. The molecule has 0 aromatic heterocycles. The average Bonchev–Trinajstić information content (AvgIpc) is 3.08. The predicted octanol–water partition coefficient (Wildman–Crippen LogP) is 0.915. The van der Waals surface area contributed by atoms with Crippen molar-refractivity contribution in [3.8, 4) is 11.5 Å². The van der Waals surface area contributed by atoms with E-state index in [1.54, 1.807) is 33.2 Å². The van der Waals surface area contributed by atoms with E-state index in [-0.39, 0.29) is 24.4 Å². The number of rotatable bonds is 8. The number of carbonyl (C=O) groups is 2. The van der Waals surface area contributed by atoms with Crippen LogP contribution in [0.2, 0.25) is 0 Å². The van der Waals surface area contributed by atoms with Gasteiger partial charge in [0.15, 0.2) is 11.5 Å². The smallest absolute Gasteiger partial charge is 0.239 e. The minimum absolute atomic E-state index is 0.0519. The van der Waals surface area contributed by atoms with Gasteiger partial charge in [-0.3, -0.25) is 14.5 Å². The summed E-state index contributed by atoms with van der Waals surface area (Å²) in [5.74, 6) is 1.38.